The lowest BCUT2D eigenvalue weighted by molar-refractivity contribution is 0.923. The van der Waals surface area contributed by atoms with Crippen molar-refractivity contribution in [3.8, 4) is 0 Å². The number of hydrogen-bond donors (Lipinski definition) is 0. The van der Waals surface area contributed by atoms with E-state index < -0.39 is 0 Å². The number of benzene rings is 1. The average molecular weight is 312 g/mol. The molecule has 0 aliphatic heterocycles. The van der Waals surface area contributed by atoms with Gasteiger partial charge in [-0.05, 0) is 36.6 Å². The molecule has 0 spiro atoms. The van der Waals surface area contributed by atoms with E-state index in [1.165, 1.54) is 5.56 Å². The largest absolute Gasteiger partial charge is 0.127 e. The highest BCUT2D eigenvalue weighted by Gasteiger charge is 1.99. The number of aryl methyl sites for hydroxylation is 1. The van der Waals surface area contributed by atoms with Crippen LogP contribution in [-0.4, -0.2) is 5.88 Å². The van der Waals surface area contributed by atoms with Gasteiger partial charge in [-0.25, -0.2) is 0 Å². The lowest BCUT2D eigenvalue weighted by Crippen LogP contribution is -1.87. The Morgan fingerprint density at radius 2 is 2.00 bits per heavy atom. The number of hydrogen-bond acceptors (Lipinski definition) is 0. The van der Waals surface area contributed by atoms with Crippen LogP contribution in [0.15, 0.2) is 27.1 Å². The molecule has 66 valence electrons. The van der Waals surface area contributed by atoms with Crippen molar-refractivity contribution in [1.82, 2.24) is 0 Å². The maximum Gasteiger partial charge on any atom is 0.0226 e. The Morgan fingerprint density at radius 3 is 2.67 bits per heavy atom. The van der Waals surface area contributed by atoms with Crippen LogP contribution >= 0.6 is 43.5 Å². The van der Waals surface area contributed by atoms with E-state index >= 15 is 0 Å². The van der Waals surface area contributed by atoms with Crippen molar-refractivity contribution in [3.63, 3.8) is 0 Å². The third kappa shape index (κ3) is 3.08. The fourth-order valence-corrected chi connectivity index (χ4v) is 1.98. The molecule has 0 aliphatic carbocycles. The maximum absolute atomic E-state index is 5.62. The first-order valence-corrected chi connectivity index (χ1v) is 5.86. The molecule has 0 amide bonds. The quantitative estimate of drug-likeness (QED) is 0.727. The predicted molar refractivity (Wildman–Crippen MR) is 60.9 cm³/mol. The van der Waals surface area contributed by atoms with E-state index in [1.807, 2.05) is 12.1 Å². The lowest BCUT2D eigenvalue weighted by Gasteiger charge is -2.02. The first-order chi connectivity index (χ1) is 5.74. The van der Waals surface area contributed by atoms with E-state index in [1.54, 1.807) is 0 Å². The molecule has 3 heteroatoms. The summed E-state index contributed by atoms with van der Waals surface area (Å²) in [5, 5.41) is 0. The van der Waals surface area contributed by atoms with E-state index in [-0.39, 0.29) is 0 Å². The van der Waals surface area contributed by atoms with E-state index in [0.717, 1.165) is 27.7 Å². The monoisotopic (exact) mass is 310 g/mol. The SMILES string of the molecule is ClCCCc1cc(Br)ccc1Br. The van der Waals surface area contributed by atoms with Crippen LogP contribution in [0.1, 0.15) is 12.0 Å². The minimum Gasteiger partial charge on any atom is -0.127 e. The van der Waals surface area contributed by atoms with Crippen LogP contribution < -0.4 is 0 Å². The summed E-state index contributed by atoms with van der Waals surface area (Å²) in [6, 6.07) is 6.19. The van der Waals surface area contributed by atoms with Crippen molar-refractivity contribution in [2.45, 2.75) is 12.8 Å². The molecule has 0 aromatic heterocycles. The highest BCUT2D eigenvalue weighted by Crippen LogP contribution is 2.22. The van der Waals surface area contributed by atoms with Gasteiger partial charge < -0.3 is 0 Å². The smallest absolute Gasteiger partial charge is 0.0226 e. The van der Waals surface area contributed by atoms with Crippen molar-refractivity contribution < 1.29 is 0 Å². The first-order valence-electron chi connectivity index (χ1n) is 3.74. The Kier molecular flexibility index (Phi) is 4.62. The Labute approximate surface area is 94.6 Å². The molecule has 0 bridgehead atoms. The van der Waals surface area contributed by atoms with Crippen molar-refractivity contribution in [3.05, 3.63) is 32.7 Å². The van der Waals surface area contributed by atoms with Crippen molar-refractivity contribution in [2.75, 3.05) is 5.88 Å². The zero-order chi connectivity index (χ0) is 8.97. The topological polar surface area (TPSA) is 0 Å². The molecule has 0 fully saturated rings. The molecule has 0 saturated heterocycles. The summed E-state index contributed by atoms with van der Waals surface area (Å²) in [6.07, 6.45) is 2.06. The van der Waals surface area contributed by atoms with Gasteiger partial charge in [0.2, 0.25) is 0 Å². The molecule has 0 heterocycles. The highest BCUT2D eigenvalue weighted by atomic mass is 79.9. The number of halogens is 3. The molecule has 0 radical (unpaired) electrons. The van der Waals surface area contributed by atoms with E-state index in [2.05, 4.69) is 37.9 Å². The van der Waals surface area contributed by atoms with Crippen LogP contribution in [0.4, 0.5) is 0 Å². The van der Waals surface area contributed by atoms with Gasteiger partial charge in [-0.2, -0.15) is 0 Å². The number of rotatable bonds is 3. The molecule has 0 saturated carbocycles. The van der Waals surface area contributed by atoms with Crippen molar-refractivity contribution in [2.24, 2.45) is 0 Å². The molecule has 0 atom stereocenters. The molecule has 0 nitrogen and oxygen atoms in total. The molecule has 1 rings (SSSR count). The third-order valence-corrected chi connectivity index (χ3v) is 3.12. The standard InChI is InChI=1S/C9H9Br2Cl/c10-8-3-4-9(11)7(6-8)2-1-5-12/h3-4,6H,1-2,5H2. The van der Waals surface area contributed by atoms with Gasteiger partial charge in [0.15, 0.2) is 0 Å². The molecular weight excluding hydrogens is 303 g/mol. The third-order valence-electron chi connectivity index (χ3n) is 1.59. The summed E-state index contributed by atoms with van der Waals surface area (Å²) in [4.78, 5) is 0. The zero-order valence-corrected chi connectivity index (χ0v) is 10.4. The molecule has 1 aromatic rings. The van der Waals surface area contributed by atoms with Crippen LogP contribution in [0.5, 0.6) is 0 Å². The summed E-state index contributed by atoms with van der Waals surface area (Å²) >= 11 is 12.5. The average Bonchev–Trinajstić information content (AvgIpc) is 2.07. The minimum atomic E-state index is 0.721. The molecule has 1 aromatic carbocycles. The Hall–Kier alpha value is 0.470. The van der Waals surface area contributed by atoms with Crippen LogP contribution in [0, 0.1) is 0 Å². The Bertz CT molecular complexity index is 261. The second kappa shape index (κ2) is 5.25. The summed E-state index contributed by atoms with van der Waals surface area (Å²) in [6.45, 7) is 0. The van der Waals surface area contributed by atoms with Crippen LogP contribution in [0.25, 0.3) is 0 Å². The van der Waals surface area contributed by atoms with Gasteiger partial charge in [0.1, 0.15) is 0 Å². The summed E-state index contributed by atoms with van der Waals surface area (Å²) in [5.41, 5.74) is 1.31. The summed E-state index contributed by atoms with van der Waals surface area (Å²) in [5.74, 6) is 0.721. The van der Waals surface area contributed by atoms with Gasteiger partial charge in [0.25, 0.3) is 0 Å². The van der Waals surface area contributed by atoms with E-state index in [0.29, 0.717) is 0 Å². The predicted octanol–water partition coefficient (Wildman–Crippen LogP) is 4.38. The van der Waals surface area contributed by atoms with E-state index in [9.17, 15) is 0 Å². The summed E-state index contributed by atoms with van der Waals surface area (Å²) in [7, 11) is 0. The van der Waals surface area contributed by atoms with Crippen molar-refractivity contribution >= 4 is 43.5 Å². The summed E-state index contributed by atoms with van der Waals surface area (Å²) < 4.78 is 2.28. The lowest BCUT2D eigenvalue weighted by atomic mass is 10.1. The van der Waals surface area contributed by atoms with E-state index in [4.69, 9.17) is 11.6 Å². The molecular formula is C9H9Br2Cl. The minimum absolute atomic E-state index is 0.721. The van der Waals surface area contributed by atoms with Gasteiger partial charge in [-0.1, -0.05) is 31.9 Å². The van der Waals surface area contributed by atoms with Crippen LogP contribution in [-0.2, 0) is 6.42 Å². The van der Waals surface area contributed by atoms with Gasteiger partial charge in [0, 0.05) is 14.8 Å². The second-order valence-corrected chi connectivity index (χ2v) is 4.68. The maximum atomic E-state index is 5.62. The number of alkyl halides is 1. The van der Waals surface area contributed by atoms with Crippen LogP contribution in [0.3, 0.4) is 0 Å². The highest BCUT2D eigenvalue weighted by molar-refractivity contribution is 9.11. The first kappa shape index (κ1) is 10.6. The van der Waals surface area contributed by atoms with Crippen LogP contribution in [0.2, 0.25) is 0 Å². The second-order valence-electron chi connectivity index (χ2n) is 2.53. The molecule has 12 heavy (non-hydrogen) atoms. The fourth-order valence-electron chi connectivity index (χ4n) is 0.992. The molecule has 0 aliphatic rings. The Balaban J connectivity index is 2.75. The van der Waals surface area contributed by atoms with Gasteiger partial charge >= 0.3 is 0 Å². The Morgan fingerprint density at radius 1 is 1.25 bits per heavy atom. The normalized spacial score (nSPS) is 10.2. The zero-order valence-electron chi connectivity index (χ0n) is 6.49. The molecule has 0 unspecified atom stereocenters. The fraction of sp³-hybridized carbons (Fsp3) is 0.333. The van der Waals surface area contributed by atoms with Crippen molar-refractivity contribution in [1.29, 1.82) is 0 Å². The molecule has 0 N–H and O–H groups in total. The van der Waals surface area contributed by atoms with Gasteiger partial charge in [-0.3, -0.25) is 0 Å². The van der Waals surface area contributed by atoms with Gasteiger partial charge in [-0.15, -0.1) is 11.6 Å². The van der Waals surface area contributed by atoms with Gasteiger partial charge in [0.05, 0.1) is 0 Å².